The zero-order chi connectivity index (χ0) is 61.3. The lowest BCUT2D eigenvalue weighted by atomic mass is 9.87. The van der Waals surface area contributed by atoms with Crippen molar-refractivity contribution < 1.29 is 51.4 Å². The van der Waals surface area contributed by atoms with Gasteiger partial charge in [0.25, 0.3) is 0 Å². The zero-order valence-electron chi connectivity index (χ0n) is 51.2. The molecule has 0 saturated carbocycles. The van der Waals surface area contributed by atoms with Crippen molar-refractivity contribution in [3.05, 3.63) is 66.7 Å². The van der Waals surface area contributed by atoms with Crippen LogP contribution in [0, 0.1) is 37.0 Å². The lowest BCUT2D eigenvalue weighted by Crippen LogP contribution is -2.35. The average molecular weight is 1190 g/mol. The van der Waals surface area contributed by atoms with Gasteiger partial charge in [-0.05, 0) is 130 Å². The number of hydrogen-bond donors (Lipinski definition) is 5. The minimum Gasteiger partial charge on any atom is -0.383 e. The van der Waals surface area contributed by atoms with Crippen molar-refractivity contribution in [3.8, 4) is 0 Å². The Morgan fingerprint density at radius 3 is 1.10 bits per heavy atom. The van der Waals surface area contributed by atoms with E-state index in [1.807, 2.05) is 48.5 Å². The molecule has 26 heteroatoms. The summed E-state index contributed by atoms with van der Waals surface area (Å²) in [5, 5.41) is 0. The summed E-state index contributed by atoms with van der Waals surface area (Å²) in [6, 6.07) is 0. The lowest BCUT2D eigenvalue weighted by Gasteiger charge is -2.31. The van der Waals surface area contributed by atoms with Crippen molar-refractivity contribution in [3.63, 3.8) is 0 Å². The summed E-state index contributed by atoms with van der Waals surface area (Å²) in [7, 11) is -4.32. The van der Waals surface area contributed by atoms with Crippen LogP contribution in [0.4, 0.5) is 17.5 Å². The molecule has 3 saturated heterocycles. The van der Waals surface area contributed by atoms with Crippen LogP contribution in [-0.2, 0) is 53.4 Å². The van der Waals surface area contributed by atoms with Crippen LogP contribution in [0.25, 0.3) is 0 Å². The van der Waals surface area contributed by atoms with Gasteiger partial charge in [0.05, 0.1) is 53.4 Å². The molecule has 6 rings (SSSR count). The maximum absolute atomic E-state index is 12.5. The fraction of sp³-hybridized carbons (Fsp3) is 0.778. The number of phosphoric ester groups is 1. The SMILES string of the molecule is Cc1cn([C@H]2CC(OC(C)(C)C)[C@@H](CC(C)(C)C)O2)c(=O)nc1N.Cc1cn([C@H]2CC(OP(=O)(O)OC(C)(C)C)[C@@H](CC(C)(C)C)O2)c(=O)nc1N.Cc1cn([C@H]2CC(OP(O)(=S)OC(C)(C)C)[C@@H](CC(C)(C)C)O2)c(=O)nc1N. The summed E-state index contributed by atoms with van der Waals surface area (Å²) in [6.07, 6.45) is 4.41. The Morgan fingerprint density at radius 2 is 0.812 bits per heavy atom. The third kappa shape index (κ3) is 22.3. The Bertz CT molecular complexity index is 2720. The molecule has 0 aliphatic carbocycles. The first-order valence-electron chi connectivity index (χ1n) is 27.1. The number of ether oxygens (including phenoxy) is 4. The first kappa shape index (κ1) is 69.0. The second-order valence-corrected chi connectivity index (χ2v) is 31.8. The molecule has 3 aromatic heterocycles. The molecule has 456 valence electrons. The van der Waals surface area contributed by atoms with Gasteiger partial charge in [-0.15, -0.1) is 0 Å². The summed E-state index contributed by atoms with van der Waals surface area (Å²) in [4.78, 5) is 69.0. The van der Waals surface area contributed by atoms with E-state index >= 15 is 0 Å². The highest BCUT2D eigenvalue weighted by molar-refractivity contribution is 8.07. The van der Waals surface area contributed by atoms with Crippen molar-refractivity contribution in [2.45, 2.75) is 256 Å². The summed E-state index contributed by atoms with van der Waals surface area (Å²) in [5.41, 5.74) is 16.0. The summed E-state index contributed by atoms with van der Waals surface area (Å²) in [6.45, 7) is 37.3. The Balaban J connectivity index is 0.000000259. The molecule has 8 N–H and O–H groups in total. The topological polar surface area (TPSA) is 314 Å². The van der Waals surface area contributed by atoms with E-state index in [0.717, 1.165) is 12.0 Å². The van der Waals surface area contributed by atoms with Gasteiger partial charge in [-0.25, -0.2) is 18.9 Å². The molecule has 3 aliphatic heterocycles. The van der Waals surface area contributed by atoms with Gasteiger partial charge in [-0.3, -0.25) is 22.7 Å². The van der Waals surface area contributed by atoms with E-state index in [9.17, 15) is 28.7 Å². The highest BCUT2D eigenvalue weighted by Gasteiger charge is 2.46. The molecule has 0 aromatic carbocycles. The number of nitrogens with zero attached hydrogens (tertiary/aromatic N) is 6. The molecule has 80 heavy (non-hydrogen) atoms. The highest BCUT2D eigenvalue weighted by atomic mass is 32.5. The normalized spacial score (nSPS) is 25.5. The number of aromatic nitrogens is 6. The zero-order valence-corrected chi connectivity index (χ0v) is 53.8. The predicted molar refractivity (Wildman–Crippen MR) is 313 cm³/mol. The number of nitrogens with two attached hydrogens (primary N) is 3. The van der Waals surface area contributed by atoms with Gasteiger partial charge in [0, 0.05) is 54.5 Å². The van der Waals surface area contributed by atoms with Crippen LogP contribution < -0.4 is 34.3 Å². The Morgan fingerprint density at radius 1 is 0.525 bits per heavy atom. The number of phosphoric acid groups is 1. The maximum atomic E-state index is 12.5. The number of anilines is 3. The largest absolute Gasteiger partial charge is 0.473 e. The molecule has 0 spiro atoms. The van der Waals surface area contributed by atoms with Crippen LogP contribution in [0.1, 0.15) is 199 Å². The van der Waals surface area contributed by atoms with Crippen molar-refractivity contribution in [1.29, 1.82) is 0 Å². The van der Waals surface area contributed by atoms with Crippen LogP contribution in [0.3, 0.4) is 0 Å². The molecule has 3 fully saturated rings. The van der Waals surface area contributed by atoms with Crippen LogP contribution >= 0.6 is 14.5 Å². The van der Waals surface area contributed by atoms with E-state index in [2.05, 4.69) is 56.5 Å². The minimum absolute atomic E-state index is 0.0513. The Labute approximate surface area is 478 Å². The van der Waals surface area contributed by atoms with E-state index in [-0.39, 0.29) is 75.9 Å². The number of aryl methyl sites for hydroxylation is 3. The summed E-state index contributed by atoms with van der Waals surface area (Å²) >= 11 is 5.21. The monoisotopic (exact) mass is 1190 g/mol. The third-order valence-corrected chi connectivity index (χ3v) is 15.4. The van der Waals surface area contributed by atoms with Crippen LogP contribution in [0.2, 0.25) is 0 Å². The molecule has 23 nitrogen and oxygen atoms in total. The molecule has 0 bridgehead atoms. The summed E-state index contributed by atoms with van der Waals surface area (Å²) < 4.78 is 63.5. The smallest absolute Gasteiger partial charge is 0.383 e. The molecular weight excluding hydrogens is 1090 g/mol. The number of nitrogen functional groups attached to an aromatic ring is 3. The molecule has 3 aliphatic rings. The number of rotatable bonds is 13. The van der Waals surface area contributed by atoms with Gasteiger partial charge < -0.3 is 55.0 Å². The second kappa shape index (κ2) is 25.8. The first-order chi connectivity index (χ1) is 36.0. The molecule has 6 heterocycles. The second-order valence-electron chi connectivity index (χ2n) is 27.8. The van der Waals surface area contributed by atoms with Crippen LogP contribution in [-0.4, -0.2) is 91.9 Å². The predicted octanol–water partition coefficient (Wildman–Crippen LogP) is 9.47. The maximum Gasteiger partial charge on any atom is 0.473 e. The van der Waals surface area contributed by atoms with Gasteiger partial charge in [-0.2, -0.15) is 15.0 Å². The molecule has 5 unspecified atom stereocenters. The van der Waals surface area contributed by atoms with Crippen molar-refractivity contribution >= 4 is 43.8 Å². The fourth-order valence-electron chi connectivity index (χ4n) is 9.21. The fourth-order valence-corrected chi connectivity index (χ4v) is 12.8. The van der Waals surface area contributed by atoms with Crippen molar-refractivity contribution in [1.82, 2.24) is 28.7 Å². The van der Waals surface area contributed by atoms with E-state index in [4.69, 9.17) is 66.1 Å². The van der Waals surface area contributed by atoms with Gasteiger partial charge in [0.1, 0.15) is 36.1 Å². The standard InChI is InChI=1S/C18H32N3O6P.C18H32N3O5PS.C18H31N3O3/c1-11-10-21(16(22)20-15(11)19)14-8-12(13(25-14)9-17(2,3)4)26-28(23,24)27-18(5,6)7;1-11-10-21(16(22)20-15(11)19)14-8-12(13(24-14)9-17(2,3)4)25-27(23,28)26-18(5,6)7;1-11-10-21(16(22)20-15(11)19)14-8-12(24-18(5,6)7)13(23-14)9-17(2,3)4/h10,12-14H,8-9H2,1-7H3,(H,23,24)(H2,19,20,22);10,12-14H,8-9H2,1-7H3,(H,23,28)(H2,19,20,22);10,12-14H,8-9H2,1-7H3,(H2,19,20,22)/t12?,13-,14-;12?,13-,14-,27?;12?,13-,14-/m111/s1. The molecular formula is C54H95N9O14P2S. The Hall–Kier alpha value is -3.48. The Kier molecular flexibility index (Phi) is 22.2. The van der Waals surface area contributed by atoms with E-state index in [1.165, 1.54) is 13.7 Å². The van der Waals surface area contributed by atoms with E-state index < -0.39 is 67.9 Å². The van der Waals surface area contributed by atoms with Crippen LogP contribution in [0.15, 0.2) is 33.0 Å². The van der Waals surface area contributed by atoms with Crippen molar-refractivity contribution in [2.75, 3.05) is 17.2 Å². The molecule has 3 aromatic rings. The molecule has 0 radical (unpaired) electrons. The number of hydrogen-bond acceptors (Lipinski definition) is 19. The molecule has 11 atom stereocenters. The highest BCUT2D eigenvalue weighted by Crippen LogP contribution is 2.53. The van der Waals surface area contributed by atoms with E-state index in [0.29, 0.717) is 36.8 Å². The third-order valence-electron chi connectivity index (χ3n) is 12.3. The van der Waals surface area contributed by atoms with Gasteiger partial charge in [0.2, 0.25) is 0 Å². The van der Waals surface area contributed by atoms with E-state index in [1.54, 1.807) is 74.0 Å². The summed E-state index contributed by atoms with van der Waals surface area (Å²) in [5.74, 6) is 0.627. The van der Waals surface area contributed by atoms with Crippen molar-refractivity contribution in [2.24, 2.45) is 16.2 Å². The minimum atomic E-state index is -4.32. The van der Waals surface area contributed by atoms with Gasteiger partial charge in [-0.1, -0.05) is 62.3 Å². The molecule has 0 amide bonds. The van der Waals surface area contributed by atoms with Gasteiger partial charge in [0.15, 0.2) is 0 Å². The lowest BCUT2D eigenvalue weighted by molar-refractivity contribution is -0.102. The van der Waals surface area contributed by atoms with Crippen LogP contribution in [0.5, 0.6) is 0 Å². The van der Waals surface area contributed by atoms with Gasteiger partial charge >= 0.3 is 31.6 Å². The quantitative estimate of drug-likeness (QED) is 0.0994. The average Bonchev–Trinajstić information content (AvgIpc) is 3.90. The first-order valence-corrected chi connectivity index (χ1v) is 31.2.